The Hall–Kier alpha value is -4.71. The quantitative estimate of drug-likeness (QED) is 0.382. The number of carbonyl (C=O) groups excluding carboxylic acids is 1. The van der Waals surface area contributed by atoms with Crippen LogP contribution in [0.25, 0.3) is 33.3 Å². The number of nitriles is 1. The summed E-state index contributed by atoms with van der Waals surface area (Å²) in [5, 5.41) is 14.1. The lowest BCUT2D eigenvalue weighted by Gasteiger charge is -2.23. The first-order chi connectivity index (χ1) is 17.0. The van der Waals surface area contributed by atoms with Crippen LogP contribution in [0.1, 0.15) is 24.3 Å². The lowest BCUT2D eigenvalue weighted by atomic mass is 10.1. The Labute approximate surface area is 198 Å². The van der Waals surface area contributed by atoms with E-state index in [1.807, 2.05) is 12.1 Å². The highest BCUT2D eigenvalue weighted by Crippen LogP contribution is 2.34. The zero-order chi connectivity index (χ0) is 24.1. The number of oxazole rings is 1. The largest absolute Gasteiger partial charge is 0.462 e. The molecule has 0 aliphatic heterocycles. The van der Waals surface area contributed by atoms with E-state index in [2.05, 4.69) is 16.2 Å². The Morgan fingerprint density at radius 2 is 2.09 bits per heavy atom. The SMILES string of the molecule is Cc1nc2ccc(N(C(=O)Cn3nc(-c4cccc(C#N)c4)c4occc4c3=O)C3CC3)cc2o1. The number of carbonyl (C=O) groups is 1. The maximum absolute atomic E-state index is 13.5. The molecule has 2 aromatic carbocycles. The van der Waals surface area contributed by atoms with Gasteiger partial charge in [0.05, 0.1) is 23.3 Å². The molecule has 0 saturated heterocycles. The van der Waals surface area contributed by atoms with Gasteiger partial charge in [0, 0.05) is 30.3 Å². The highest BCUT2D eigenvalue weighted by Gasteiger charge is 2.34. The number of hydrogen-bond acceptors (Lipinski definition) is 7. The number of amides is 1. The average Bonchev–Trinajstić information content (AvgIpc) is 3.42. The minimum Gasteiger partial charge on any atom is -0.462 e. The van der Waals surface area contributed by atoms with Crippen molar-refractivity contribution in [1.82, 2.24) is 14.8 Å². The second kappa shape index (κ2) is 7.95. The predicted octanol–water partition coefficient (Wildman–Crippen LogP) is 4.17. The molecule has 1 aliphatic carbocycles. The third-order valence-corrected chi connectivity index (χ3v) is 6.05. The monoisotopic (exact) mass is 465 g/mol. The van der Waals surface area contributed by atoms with Crippen molar-refractivity contribution in [1.29, 1.82) is 5.26 Å². The number of hydrogen-bond donors (Lipinski definition) is 0. The summed E-state index contributed by atoms with van der Waals surface area (Å²) in [4.78, 5) is 32.7. The Kier molecular flexibility index (Phi) is 4.74. The molecule has 0 unspecified atom stereocenters. The number of fused-ring (bicyclic) bond motifs is 2. The first-order valence-electron chi connectivity index (χ1n) is 11.2. The predicted molar refractivity (Wildman–Crippen MR) is 128 cm³/mol. The molecular weight excluding hydrogens is 446 g/mol. The Morgan fingerprint density at radius 3 is 2.89 bits per heavy atom. The van der Waals surface area contributed by atoms with E-state index in [9.17, 15) is 14.9 Å². The van der Waals surface area contributed by atoms with Crippen LogP contribution in [-0.2, 0) is 11.3 Å². The van der Waals surface area contributed by atoms with Crippen molar-refractivity contribution in [2.75, 3.05) is 4.90 Å². The molecule has 9 nitrogen and oxygen atoms in total. The summed E-state index contributed by atoms with van der Waals surface area (Å²) in [6.07, 6.45) is 3.19. The highest BCUT2D eigenvalue weighted by molar-refractivity contribution is 5.96. The Balaban J connectivity index is 1.40. The fourth-order valence-electron chi connectivity index (χ4n) is 4.32. The van der Waals surface area contributed by atoms with Gasteiger partial charge in [0.1, 0.15) is 17.8 Å². The van der Waals surface area contributed by atoms with Crippen molar-refractivity contribution in [3.05, 3.63) is 76.6 Å². The van der Waals surface area contributed by atoms with Gasteiger partial charge in [0.25, 0.3) is 5.56 Å². The van der Waals surface area contributed by atoms with E-state index in [1.165, 1.54) is 10.9 Å². The topological polar surface area (TPSA) is 118 Å². The van der Waals surface area contributed by atoms with Crippen molar-refractivity contribution in [3.63, 3.8) is 0 Å². The maximum Gasteiger partial charge on any atom is 0.278 e. The molecule has 3 heterocycles. The summed E-state index contributed by atoms with van der Waals surface area (Å²) in [6.45, 7) is 1.53. The van der Waals surface area contributed by atoms with Crippen LogP contribution < -0.4 is 10.5 Å². The van der Waals surface area contributed by atoms with Gasteiger partial charge in [-0.25, -0.2) is 9.67 Å². The molecule has 1 aliphatic rings. The van der Waals surface area contributed by atoms with Gasteiger partial charge < -0.3 is 13.7 Å². The number of nitrogens with zero attached hydrogens (tertiary/aromatic N) is 5. The zero-order valence-electron chi connectivity index (χ0n) is 18.8. The van der Waals surface area contributed by atoms with E-state index in [0.29, 0.717) is 45.0 Å². The number of rotatable bonds is 5. The van der Waals surface area contributed by atoms with E-state index in [4.69, 9.17) is 8.83 Å². The Morgan fingerprint density at radius 1 is 1.23 bits per heavy atom. The average molecular weight is 465 g/mol. The molecule has 1 fully saturated rings. The van der Waals surface area contributed by atoms with Gasteiger partial charge in [-0.1, -0.05) is 12.1 Å². The second-order valence-corrected chi connectivity index (χ2v) is 8.55. The van der Waals surface area contributed by atoms with E-state index in [-0.39, 0.29) is 18.5 Å². The third kappa shape index (κ3) is 3.65. The van der Waals surface area contributed by atoms with Crippen molar-refractivity contribution in [2.45, 2.75) is 32.4 Å². The molecule has 5 aromatic rings. The smallest absolute Gasteiger partial charge is 0.278 e. The fraction of sp³-hybridized carbons (Fsp3) is 0.192. The normalized spacial score (nSPS) is 13.3. The summed E-state index contributed by atoms with van der Waals surface area (Å²) in [6, 6.07) is 16.1. The molecule has 172 valence electrons. The minimum atomic E-state index is -0.417. The van der Waals surface area contributed by atoms with Gasteiger partial charge in [0.2, 0.25) is 5.91 Å². The molecule has 1 amide bonds. The van der Waals surface area contributed by atoms with Crippen LogP contribution in [0.4, 0.5) is 5.69 Å². The summed E-state index contributed by atoms with van der Waals surface area (Å²) in [7, 11) is 0. The molecular formula is C26H19N5O4. The summed E-state index contributed by atoms with van der Waals surface area (Å²) in [5.74, 6) is 0.302. The molecule has 0 radical (unpaired) electrons. The molecule has 9 heteroatoms. The van der Waals surface area contributed by atoms with Gasteiger partial charge in [-0.3, -0.25) is 9.59 Å². The van der Waals surface area contributed by atoms with Crippen molar-refractivity contribution in [2.24, 2.45) is 0 Å². The van der Waals surface area contributed by atoms with Crippen LogP contribution in [0, 0.1) is 18.3 Å². The van der Waals surface area contributed by atoms with Gasteiger partial charge in [-0.2, -0.15) is 10.4 Å². The lowest BCUT2D eigenvalue weighted by Crippen LogP contribution is -2.39. The van der Waals surface area contributed by atoms with E-state index >= 15 is 0 Å². The van der Waals surface area contributed by atoms with Crippen molar-refractivity contribution < 1.29 is 13.6 Å². The van der Waals surface area contributed by atoms with Gasteiger partial charge >= 0.3 is 0 Å². The zero-order valence-corrected chi connectivity index (χ0v) is 18.8. The molecule has 1 saturated carbocycles. The van der Waals surface area contributed by atoms with E-state index < -0.39 is 5.56 Å². The number of aryl methyl sites for hydroxylation is 1. The number of anilines is 1. The molecule has 0 bridgehead atoms. The van der Waals surface area contributed by atoms with Crippen molar-refractivity contribution in [3.8, 4) is 17.3 Å². The van der Waals surface area contributed by atoms with Crippen LogP contribution in [0.15, 0.2) is 68.4 Å². The van der Waals surface area contributed by atoms with Gasteiger partial charge in [-0.15, -0.1) is 0 Å². The molecule has 0 atom stereocenters. The van der Waals surface area contributed by atoms with Crippen LogP contribution in [0.5, 0.6) is 0 Å². The van der Waals surface area contributed by atoms with Gasteiger partial charge in [0.15, 0.2) is 17.1 Å². The first kappa shape index (κ1) is 20.9. The van der Waals surface area contributed by atoms with Crippen molar-refractivity contribution >= 4 is 33.7 Å². The summed E-state index contributed by atoms with van der Waals surface area (Å²) < 4.78 is 12.4. The number of benzene rings is 2. The standard InChI is InChI=1S/C26H19N5O4/c1-15-28-21-8-7-19(12-22(21)35-15)31(18-5-6-18)23(32)14-30-26(33)20-9-10-34-25(20)24(29-30)17-4-2-3-16(11-17)13-27/h2-4,7-12,18H,5-6,14H2,1H3. The fourth-order valence-corrected chi connectivity index (χ4v) is 4.32. The number of furan rings is 1. The minimum absolute atomic E-state index is 0.0594. The first-order valence-corrected chi connectivity index (χ1v) is 11.2. The van der Waals surface area contributed by atoms with E-state index in [1.54, 1.807) is 48.2 Å². The maximum atomic E-state index is 13.5. The molecule has 35 heavy (non-hydrogen) atoms. The third-order valence-electron chi connectivity index (χ3n) is 6.05. The van der Waals surface area contributed by atoms with Gasteiger partial charge in [-0.05, 0) is 43.2 Å². The van der Waals surface area contributed by atoms with Crippen LogP contribution in [0.2, 0.25) is 0 Å². The molecule has 0 spiro atoms. The molecule has 6 rings (SSSR count). The number of aromatic nitrogens is 3. The van der Waals surface area contributed by atoms with Crippen LogP contribution in [-0.4, -0.2) is 26.7 Å². The van der Waals surface area contributed by atoms with E-state index in [0.717, 1.165) is 18.4 Å². The second-order valence-electron chi connectivity index (χ2n) is 8.55. The Bertz CT molecular complexity index is 1720. The van der Waals surface area contributed by atoms with Crippen LogP contribution >= 0.6 is 0 Å². The lowest BCUT2D eigenvalue weighted by molar-refractivity contribution is -0.119. The highest BCUT2D eigenvalue weighted by atomic mass is 16.3. The summed E-state index contributed by atoms with van der Waals surface area (Å²) >= 11 is 0. The molecule has 0 N–H and O–H groups in total. The van der Waals surface area contributed by atoms with Crippen LogP contribution in [0.3, 0.4) is 0 Å². The summed E-state index contributed by atoms with van der Waals surface area (Å²) in [5.41, 5.74) is 3.39. The molecule has 3 aromatic heterocycles.